The highest BCUT2D eigenvalue weighted by molar-refractivity contribution is 8.00. The molecule has 0 saturated carbocycles. The highest BCUT2D eigenvalue weighted by atomic mass is 32.2. The third kappa shape index (κ3) is 5.63. The van der Waals surface area contributed by atoms with Crippen molar-refractivity contribution in [2.75, 3.05) is 15.8 Å². The fourth-order valence-electron chi connectivity index (χ4n) is 3.37. The van der Waals surface area contributed by atoms with Crippen molar-refractivity contribution in [1.82, 2.24) is 10.1 Å². The molecule has 0 saturated heterocycles. The Kier molecular flexibility index (Phi) is 7.68. The molecular weight excluding hydrogens is 547 g/mol. The number of hydrogen-bond acceptors (Lipinski definition) is 11. The molecule has 4 rings (SSSR count). The minimum Gasteiger partial charge on any atom is -0.383 e. The topological polar surface area (TPSA) is 188 Å². The van der Waals surface area contributed by atoms with Crippen LogP contribution in [0.2, 0.25) is 0 Å². The number of nitriles is 2. The number of amides is 1. The first-order valence-corrected chi connectivity index (χ1v) is 14.1. The summed E-state index contributed by atoms with van der Waals surface area (Å²) in [6.07, 6.45) is 0. The van der Waals surface area contributed by atoms with Gasteiger partial charge in [-0.25, -0.2) is 13.4 Å². The van der Waals surface area contributed by atoms with Crippen LogP contribution in [0, 0.1) is 29.6 Å². The van der Waals surface area contributed by atoms with Gasteiger partial charge in [-0.15, -0.1) is 0 Å². The number of nitrogen functional groups attached to an aromatic ring is 1. The number of nitrogens with one attached hydrogen (secondary N) is 2. The smallest absolute Gasteiger partial charge is 0.263 e. The number of thiophene rings is 1. The lowest BCUT2D eigenvalue weighted by Crippen LogP contribution is -2.23. The van der Waals surface area contributed by atoms with Gasteiger partial charge in [-0.2, -0.15) is 21.9 Å². The van der Waals surface area contributed by atoms with Gasteiger partial charge in [-0.05, 0) is 60.5 Å². The molecule has 3 heterocycles. The molecule has 0 aliphatic carbocycles. The molecule has 0 aliphatic rings. The highest BCUT2D eigenvalue weighted by Gasteiger charge is 2.24. The lowest BCUT2D eigenvalue weighted by Gasteiger charge is -2.15. The van der Waals surface area contributed by atoms with Gasteiger partial charge in [0.2, 0.25) is 5.91 Å². The molecule has 1 amide bonds. The Labute approximate surface area is 226 Å². The zero-order valence-corrected chi connectivity index (χ0v) is 22.4. The Hall–Kier alpha value is -4.37. The normalized spacial score (nSPS) is 11.8. The van der Waals surface area contributed by atoms with Crippen LogP contribution in [0.5, 0.6) is 0 Å². The fourth-order valence-corrected chi connectivity index (χ4v) is 5.92. The molecule has 38 heavy (non-hydrogen) atoms. The number of benzene rings is 1. The largest absolute Gasteiger partial charge is 0.383 e. The number of aryl methyl sites for hydroxylation is 1. The molecule has 0 spiro atoms. The first kappa shape index (κ1) is 26.7. The van der Waals surface area contributed by atoms with Crippen LogP contribution in [0.15, 0.2) is 61.6 Å². The second kappa shape index (κ2) is 10.9. The quantitative estimate of drug-likeness (QED) is 0.259. The van der Waals surface area contributed by atoms with Crippen LogP contribution in [-0.2, 0) is 14.8 Å². The van der Waals surface area contributed by atoms with Gasteiger partial charge in [0.15, 0.2) is 5.82 Å². The lowest BCUT2D eigenvalue weighted by molar-refractivity contribution is -0.115. The van der Waals surface area contributed by atoms with Crippen molar-refractivity contribution in [3.8, 4) is 23.3 Å². The summed E-state index contributed by atoms with van der Waals surface area (Å²) in [6.45, 7) is 3.27. The molecule has 192 valence electrons. The number of nitrogens with two attached hydrogens (primary N) is 1. The first-order valence-electron chi connectivity index (χ1n) is 10.8. The van der Waals surface area contributed by atoms with E-state index in [2.05, 4.69) is 26.2 Å². The van der Waals surface area contributed by atoms with Crippen LogP contribution in [0.25, 0.3) is 11.1 Å². The Morgan fingerprint density at radius 3 is 2.47 bits per heavy atom. The summed E-state index contributed by atoms with van der Waals surface area (Å²) < 4.78 is 32.3. The summed E-state index contributed by atoms with van der Waals surface area (Å²) in [5, 5.41) is 28.9. The summed E-state index contributed by atoms with van der Waals surface area (Å²) in [5.74, 6) is 0.0689. The number of carbonyl (C=O) groups excluding carboxylic acids is 1. The predicted octanol–water partition coefficient (Wildman–Crippen LogP) is 4.35. The molecule has 1 aromatic carbocycles. The van der Waals surface area contributed by atoms with Crippen LogP contribution in [0.1, 0.15) is 23.8 Å². The van der Waals surface area contributed by atoms with E-state index in [1.807, 2.05) is 11.4 Å². The second-order valence-corrected chi connectivity index (χ2v) is 11.7. The molecule has 14 heteroatoms. The molecule has 3 aromatic heterocycles. The number of hydrogen-bond donors (Lipinski definition) is 3. The van der Waals surface area contributed by atoms with Gasteiger partial charge in [0.1, 0.15) is 34.3 Å². The molecule has 1 unspecified atom stereocenters. The Morgan fingerprint density at radius 2 is 1.89 bits per heavy atom. The summed E-state index contributed by atoms with van der Waals surface area (Å²) in [4.78, 5) is 17.1. The third-order valence-corrected chi connectivity index (χ3v) is 8.32. The number of anilines is 3. The van der Waals surface area contributed by atoms with Crippen molar-refractivity contribution in [2.24, 2.45) is 0 Å². The van der Waals surface area contributed by atoms with E-state index in [1.54, 1.807) is 25.3 Å². The molecule has 4 aromatic rings. The molecule has 1 atom stereocenters. The average molecular weight is 566 g/mol. The molecule has 4 N–H and O–H groups in total. The monoisotopic (exact) mass is 565 g/mol. The van der Waals surface area contributed by atoms with Crippen molar-refractivity contribution in [2.45, 2.75) is 29.0 Å². The first-order chi connectivity index (χ1) is 18.1. The Balaban J connectivity index is 1.50. The van der Waals surface area contributed by atoms with Crippen LogP contribution in [0.4, 0.5) is 17.3 Å². The zero-order chi connectivity index (χ0) is 27.4. The molecule has 0 radical (unpaired) electrons. The molecule has 11 nitrogen and oxygen atoms in total. The minimum absolute atomic E-state index is 0.0320. The van der Waals surface area contributed by atoms with E-state index in [4.69, 9.17) is 10.3 Å². The maximum absolute atomic E-state index is 12.9. The standard InChI is InChI=1S/C24H19N7O4S3/c1-13-9-20(30-35-13)31-38(33,34)17-5-3-16(4-6-17)28-23(32)14(2)37-24-19(11-26)21(15-7-8-36-12-15)18(10-25)22(27)29-24/h3-9,12,14H,1-2H3,(H2,27,29)(H,28,32)(H,30,31). The van der Waals surface area contributed by atoms with Gasteiger partial charge in [-0.1, -0.05) is 16.9 Å². The maximum atomic E-state index is 12.9. The number of carbonyl (C=O) groups is 1. The number of sulfonamides is 1. The lowest BCUT2D eigenvalue weighted by atomic mass is 9.99. The van der Waals surface area contributed by atoms with Crippen molar-refractivity contribution in [3.05, 3.63) is 64.0 Å². The molecule has 0 aliphatic heterocycles. The highest BCUT2D eigenvalue weighted by Crippen LogP contribution is 2.37. The Bertz CT molecular complexity index is 1680. The van der Waals surface area contributed by atoms with Gasteiger partial charge >= 0.3 is 0 Å². The van der Waals surface area contributed by atoms with Crippen LogP contribution < -0.4 is 15.8 Å². The number of rotatable bonds is 8. The SMILES string of the molecule is Cc1cc(NS(=O)(=O)c2ccc(NC(=O)C(C)Sc3nc(N)c(C#N)c(-c4ccsc4)c3C#N)cc2)no1. The van der Waals surface area contributed by atoms with Crippen molar-refractivity contribution < 1.29 is 17.7 Å². The third-order valence-electron chi connectivity index (χ3n) is 5.18. The maximum Gasteiger partial charge on any atom is 0.263 e. The molecule has 0 fully saturated rings. The van der Waals surface area contributed by atoms with E-state index in [9.17, 15) is 23.7 Å². The van der Waals surface area contributed by atoms with Gasteiger partial charge in [0.05, 0.1) is 15.7 Å². The number of nitrogens with zero attached hydrogens (tertiary/aromatic N) is 4. The zero-order valence-electron chi connectivity index (χ0n) is 19.9. The minimum atomic E-state index is -3.90. The van der Waals surface area contributed by atoms with E-state index < -0.39 is 21.2 Å². The van der Waals surface area contributed by atoms with E-state index in [-0.39, 0.29) is 32.7 Å². The average Bonchev–Trinajstić information content (AvgIpc) is 3.55. The van der Waals surface area contributed by atoms with E-state index in [1.165, 1.54) is 41.7 Å². The summed E-state index contributed by atoms with van der Waals surface area (Å²) in [7, 11) is -3.90. The van der Waals surface area contributed by atoms with Gasteiger partial charge in [0, 0.05) is 17.3 Å². The van der Waals surface area contributed by atoms with Crippen LogP contribution >= 0.6 is 23.1 Å². The number of pyridine rings is 1. The number of thioether (sulfide) groups is 1. The fraction of sp³-hybridized carbons (Fsp3) is 0.125. The van der Waals surface area contributed by atoms with Crippen molar-refractivity contribution in [1.29, 1.82) is 10.5 Å². The molecular formula is C24H19N7O4S3. The van der Waals surface area contributed by atoms with Gasteiger partial charge < -0.3 is 15.6 Å². The van der Waals surface area contributed by atoms with E-state index in [0.29, 0.717) is 22.6 Å². The number of aromatic nitrogens is 2. The predicted molar refractivity (Wildman–Crippen MR) is 144 cm³/mol. The van der Waals surface area contributed by atoms with Gasteiger partial charge in [0.25, 0.3) is 10.0 Å². The van der Waals surface area contributed by atoms with E-state index in [0.717, 1.165) is 11.8 Å². The molecule has 0 bridgehead atoms. The summed E-state index contributed by atoms with van der Waals surface area (Å²) in [5.41, 5.74) is 7.69. The van der Waals surface area contributed by atoms with E-state index >= 15 is 0 Å². The Morgan fingerprint density at radius 1 is 1.18 bits per heavy atom. The van der Waals surface area contributed by atoms with Crippen molar-refractivity contribution >= 4 is 56.4 Å². The van der Waals surface area contributed by atoms with Crippen LogP contribution in [-0.4, -0.2) is 29.7 Å². The summed E-state index contributed by atoms with van der Waals surface area (Å²) in [6, 6.07) is 12.9. The summed E-state index contributed by atoms with van der Waals surface area (Å²) >= 11 is 2.43. The second-order valence-electron chi connectivity index (χ2n) is 7.86. The van der Waals surface area contributed by atoms with Crippen LogP contribution in [0.3, 0.4) is 0 Å². The van der Waals surface area contributed by atoms with Gasteiger partial charge in [-0.3, -0.25) is 9.52 Å². The van der Waals surface area contributed by atoms with Crippen molar-refractivity contribution in [3.63, 3.8) is 0 Å².